The van der Waals surface area contributed by atoms with E-state index in [1.54, 1.807) is 12.5 Å². The van der Waals surface area contributed by atoms with Gasteiger partial charge in [0, 0.05) is 24.2 Å². The molecule has 0 aromatic carbocycles. The Morgan fingerprint density at radius 2 is 2.24 bits per heavy atom. The van der Waals surface area contributed by atoms with Crippen LogP contribution < -0.4 is 5.73 Å². The fraction of sp³-hybridized carbons (Fsp3) is 0.417. The summed E-state index contributed by atoms with van der Waals surface area (Å²) in [4.78, 5) is 13.0. The second-order valence-corrected chi connectivity index (χ2v) is 4.38. The van der Waals surface area contributed by atoms with E-state index in [-0.39, 0.29) is 0 Å². The molecule has 0 radical (unpaired) electrons. The molecule has 5 heteroatoms. The largest absolute Gasteiger partial charge is 0.384 e. The van der Waals surface area contributed by atoms with Gasteiger partial charge in [0.2, 0.25) is 0 Å². The van der Waals surface area contributed by atoms with Gasteiger partial charge in [-0.2, -0.15) is 0 Å². The maximum absolute atomic E-state index is 5.84. The van der Waals surface area contributed by atoms with Gasteiger partial charge in [-0.05, 0) is 19.8 Å². The van der Waals surface area contributed by atoms with Gasteiger partial charge in [0.25, 0.3) is 0 Å². The van der Waals surface area contributed by atoms with Crippen LogP contribution in [0.2, 0.25) is 0 Å². The minimum atomic E-state index is 0.542. The summed E-state index contributed by atoms with van der Waals surface area (Å²) in [6, 6.07) is 1.88. The molecular weight excluding hydrogens is 214 g/mol. The zero-order chi connectivity index (χ0) is 11.8. The molecule has 1 fully saturated rings. The Hall–Kier alpha value is -1.91. The van der Waals surface area contributed by atoms with E-state index in [9.17, 15) is 0 Å². The predicted octanol–water partition coefficient (Wildman–Crippen LogP) is 1.82. The Bertz CT molecular complexity index is 542. The number of rotatable bonds is 3. The van der Waals surface area contributed by atoms with Gasteiger partial charge in [0.05, 0.1) is 12.5 Å². The fourth-order valence-electron chi connectivity index (χ4n) is 1.95. The Labute approximate surface area is 99.7 Å². The Balaban J connectivity index is 2.07. The Morgan fingerprint density at radius 3 is 2.94 bits per heavy atom. The summed E-state index contributed by atoms with van der Waals surface area (Å²) in [5, 5.41) is 0. The molecule has 2 N–H and O–H groups in total. The molecule has 1 aliphatic carbocycles. The average Bonchev–Trinajstić information content (AvgIpc) is 3.06. The second kappa shape index (κ2) is 3.84. The van der Waals surface area contributed by atoms with Crippen molar-refractivity contribution in [3.8, 4) is 11.5 Å². The molecule has 1 aliphatic rings. The number of nitrogen functional groups attached to an aromatic ring is 1. The third-order valence-corrected chi connectivity index (χ3v) is 3.04. The van der Waals surface area contributed by atoms with Crippen LogP contribution in [-0.2, 0) is 6.54 Å². The van der Waals surface area contributed by atoms with E-state index in [0.717, 1.165) is 17.9 Å². The van der Waals surface area contributed by atoms with Crippen molar-refractivity contribution in [2.75, 3.05) is 5.73 Å². The average molecular weight is 229 g/mol. The molecular formula is C12H15N5. The molecule has 1 saturated carbocycles. The first kappa shape index (κ1) is 10.3. The van der Waals surface area contributed by atoms with Crippen molar-refractivity contribution in [2.24, 2.45) is 0 Å². The first-order chi connectivity index (χ1) is 8.28. The predicted molar refractivity (Wildman–Crippen MR) is 65.3 cm³/mol. The minimum Gasteiger partial charge on any atom is -0.384 e. The molecule has 0 aliphatic heterocycles. The van der Waals surface area contributed by atoms with Crippen molar-refractivity contribution >= 4 is 5.82 Å². The summed E-state index contributed by atoms with van der Waals surface area (Å²) in [6.07, 6.45) is 6.00. The first-order valence-electron chi connectivity index (χ1n) is 5.93. The number of hydrogen-bond donors (Lipinski definition) is 1. The highest BCUT2D eigenvalue weighted by Crippen LogP contribution is 2.39. The maximum Gasteiger partial charge on any atom is 0.180 e. The van der Waals surface area contributed by atoms with Crippen LogP contribution in [0.1, 0.15) is 31.4 Å². The van der Waals surface area contributed by atoms with E-state index >= 15 is 0 Å². The van der Waals surface area contributed by atoms with Crippen LogP contribution in [0.4, 0.5) is 5.82 Å². The van der Waals surface area contributed by atoms with E-state index < -0.39 is 0 Å². The van der Waals surface area contributed by atoms with Crippen LogP contribution >= 0.6 is 0 Å². The van der Waals surface area contributed by atoms with Crippen LogP contribution in [0.15, 0.2) is 18.6 Å². The quantitative estimate of drug-likeness (QED) is 0.871. The van der Waals surface area contributed by atoms with E-state index in [2.05, 4.69) is 21.9 Å². The minimum absolute atomic E-state index is 0.542. The van der Waals surface area contributed by atoms with Crippen molar-refractivity contribution in [1.82, 2.24) is 19.5 Å². The summed E-state index contributed by atoms with van der Waals surface area (Å²) in [7, 11) is 0. The van der Waals surface area contributed by atoms with Gasteiger partial charge in [0.15, 0.2) is 5.82 Å². The Morgan fingerprint density at radius 1 is 1.41 bits per heavy atom. The summed E-state index contributed by atoms with van der Waals surface area (Å²) in [5.74, 6) is 1.81. The molecule has 0 unspecified atom stereocenters. The van der Waals surface area contributed by atoms with Gasteiger partial charge in [-0.3, -0.25) is 0 Å². The van der Waals surface area contributed by atoms with Crippen molar-refractivity contribution in [3.63, 3.8) is 0 Å². The zero-order valence-electron chi connectivity index (χ0n) is 9.80. The highest BCUT2D eigenvalue weighted by Gasteiger charge is 2.26. The number of aryl methyl sites for hydroxylation is 1. The van der Waals surface area contributed by atoms with Crippen LogP contribution in [0.5, 0.6) is 0 Å². The van der Waals surface area contributed by atoms with Crippen LogP contribution in [0.25, 0.3) is 11.5 Å². The van der Waals surface area contributed by atoms with Gasteiger partial charge < -0.3 is 10.3 Å². The number of hydrogen-bond acceptors (Lipinski definition) is 4. The Kier molecular flexibility index (Phi) is 2.31. The normalized spacial score (nSPS) is 15.1. The number of nitrogens with zero attached hydrogens (tertiary/aromatic N) is 4. The first-order valence-corrected chi connectivity index (χ1v) is 5.93. The van der Waals surface area contributed by atoms with Crippen LogP contribution in [-0.4, -0.2) is 19.5 Å². The molecule has 17 heavy (non-hydrogen) atoms. The summed E-state index contributed by atoms with van der Waals surface area (Å²) >= 11 is 0. The lowest BCUT2D eigenvalue weighted by atomic mass is 10.2. The molecule has 0 bridgehead atoms. The third kappa shape index (κ3) is 1.88. The number of aromatic nitrogens is 4. The van der Waals surface area contributed by atoms with E-state index in [4.69, 9.17) is 5.73 Å². The topological polar surface area (TPSA) is 69.6 Å². The van der Waals surface area contributed by atoms with E-state index in [1.165, 1.54) is 12.8 Å². The van der Waals surface area contributed by atoms with Crippen molar-refractivity contribution < 1.29 is 0 Å². The van der Waals surface area contributed by atoms with Gasteiger partial charge in [-0.15, -0.1) is 0 Å². The fourth-order valence-corrected chi connectivity index (χ4v) is 1.95. The number of nitrogens with two attached hydrogens (primary N) is 1. The standard InChI is InChI=1S/C12H15N5/c1-2-17-7-14-6-10(17)12-15-9(8-3-4-8)5-11(13)16-12/h5-8H,2-4H2,1H3,(H2,13,15,16). The molecule has 2 aromatic rings. The van der Waals surface area contributed by atoms with Crippen LogP contribution in [0.3, 0.4) is 0 Å². The third-order valence-electron chi connectivity index (χ3n) is 3.04. The zero-order valence-corrected chi connectivity index (χ0v) is 9.80. The maximum atomic E-state index is 5.84. The second-order valence-electron chi connectivity index (χ2n) is 4.38. The summed E-state index contributed by atoms with van der Waals surface area (Å²) in [6.45, 7) is 2.92. The molecule has 3 rings (SSSR count). The molecule has 2 aromatic heterocycles. The van der Waals surface area contributed by atoms with Gasteiger partial charge >= 0.3 is 0 Å². The summed E-state index contributed by atoms with van der Waals surface area (Å²) in [5.41, 5.74) is 7.84. The van der Waals surface area contributed by atoms with Gasteiger partial charge in [-0.1, -0.05) is 0 Å². The SMILES string of the molecule is CCn1cncc1-c1nc(N)cc(C2CC2)n1. The summed E-state index contributed by atoms with van der Waals surface area (Å²) < 4.78 is 2.02. The lowest BCUT2D eigenvalue weighted by molar-refractivity contribution is 0.762. The lowest BCUT2D eigenvalue weighted by Crippen LogP contribution is -2.03. The van der Waals surface area contributed by atoms with Crippen LogP contribution in [0, 0.1) is 0 Å². The molecule has 2 heterocycles. The highest BCUT2D eigenvalue weighted by molar-refractivity contribution is 5.52. The van der Waals surface area contributed by atoms with Crippen molar-refractivity contribution in [1.29, 1.82) is 0 Å². The number of anilines is 1. The molecule has 0 spiro atoms. The molecule has 5 nitrogen and oxygen atoms in total. The van der Waals surface area contributed by atoms with Gasteiger partial charge in [-0.25, -0.2) is 15.0 Å². The lowest BCUT2D eigenvalue weighted by Gasteiger charge is -2.06. The van der Waals surface area contributed by atoms with Crippen molar-refractivity contribution in [3.05, 3.63) is 24.3 Å². The van der Waals surface area contributed by atoms with E-state index in [0.29, 0.717) is 17.6 Å². The monoisotopic (exact) mass is 229 g/mol. The molecule has 88 valence electrons. The molecule has 0 atom stereocenters. The number of imidazole rings is 1. The molecule has 0 amide bonds. The smallest absolute Gasteiger partial charge is 0.180 e. The van der Waals surface area contributed by atoms with E-state index in [1.807, 2.05) is 10.6 Å². The van der Waals surface area contributed by atoms with Gasteiger partial charge in [0.1, 0.15) is 11.5 Å². The molecule has 0 saturated heterocycles. The van der Waals surface area contributed by atoms with Crippen molar-refractivity contribution in [2.45, 2.75) is 32.2 Å². The highest BCUT2D eigenvalue weighted by atomic mass is 15.1.